The fourth-order valence-electron chi connectivity index (χ4n) is 2.83. The molecule has 6 nitrogen and oxygen atoms in total. The summed E-state index contributed by atoms with van der Waals surface area (Å²) in [5, 5.41) is 12.3. The Morgan fingerprint density at radius 3 is 2.81 bits per heavy atom. The average Bonchev–Trinajstić information content (AvgIpc) is 3.32. The molecule has 1 aromatic carbocycles. The standard InChI is InChI=1S/C22H24N4O2S3/c1-2-3-14-19-24-25-21(31-19)23-18(27)13-8-15-26-20(28)17(30-22(26)29)12-7-11-16-9-5-4-6-10-16/h4-7,9-12H,2-3,8,13-15H2,1H3,(H,23,25,27). The van der Waals surface area contributed by atoms with Crippen LogP contribution in [0.3, 0.4) is 0 Å². The number of unbranched alkanes of at least 4 members (excludes halogenated alkanes) is 1. The summed E-state index contributed by atoms with van der Waals surface area (Å²) >= 11 is 8.04. The van der Waals surface area contributed by atoms with Gasteiger partial charge in [-0.3, -0.25) is 14.5 Å². The third-order valence-electron chi connectivity index (χ3n) is 4.45. The highest BCUT2D eigenvalue weighted by molar-refractivity contribution is 8.26. The largest absolute Gasteiger partial charge is 0.301 e. The van der Waals surface area contributed by atoms with Crippen LogP contribution in [0, 0.1) is 0 Å². The summed E-state index contributed by atoms with van der Waals surface area (Å²) in [6.07, 6.45) is 9.42. The third-order valence-corrected chi connectivity index (χ3v) is 6.75. The molecule has 162 valence electrons. The molecule has 2 heterocycles. The number of rotatable bonds is 10. The predicted octanol–water partition coefficient (Wildman–Crippen LogP) is 5.06. The van der Waals surface area contributed by atoms with E-state index in [2.05, 4.69) is 22.4 Å². The van der Waals surface area contributed by atoms with Gasteiger partial charge in [-0.15, -0.1) is 10.2 Å². The van der Waals surface area contributed by atoms with Gasteiger partial charge >= 0.3 is 0 Å². The van der Waals surface area contributed by atoms with Crippen molar-refractivity contribution in [2.24, 2.45) is 0 Å². The third kappa shape index (κ3) is 7.09. The fourth-order valence-corrected chi connectivity index (χ4v) is 4.89. The van der Waals surface area contributed by atoms with Crippen LogP contribution in [-0.2, 0) is 16.0 Å². The van der Waals surface area contributed by atoms with Crippen LogP contribution in [0.2, 0.25) is 0 Å². The number of nitrogens with one attached hydrogen (secondary N) is 1. The van der Waals surface area contributed by atoms with Crippen LogP contribution in [0.1, 0.15) is 43.2 Å². The monoisotopic (exact) mass is 472 g/mol. The highest BCUT2D eigenvalue weighted by Gasteiger charge is 2.31. The number of hydrogen-bond donors (Lipinski definition) is 1. The topological polar surface area (TPSA) is 75.2 Å². The minimum absolute atomic E-state index is 0.113. The molecule has 3 rings (SSSR count). The van der Waals surface area contributed by atoms with Crippen LogP contribution in [0.25, 0.3) is 6.08 Å². The van der Waals surface area contributed by atoms with Gasteiger partial charge in [-0.05, 0) is 24.5 Å². The molecule has 1 aliphatic heterocycles. The Morgan fingerprint density at radius 2 is 2.03 bits per heavy atom. The highest BCUT2D eigenvalue weighted by atomic mass is 32.2. The van der Waals surface area contributed by atoms with Crippen molar-refractivity contribution in [3.63, 3.8) is 0 Å². The van der Waals surface area contributed by atoms with Crippen molar-refractivity contribution >= 4 is 62.7 Å². The average molecular weight is 473 g/mol. The van der Waals surface area contributed by atoms with Gasteiger partial charge in [0.05, 0.1) is 4.91 Å². The van der Waals surface area contributed by atoms with Crippen molar-refractivity contribution in [1.29, 1.82) is 0 Å². The maximum Gasteiger partial charge on any atom is 0.266 e. The Morgan fingerprint density at radius 1 is 1.23 bits per heavy atom. The molecule has 0 unspecified atom stereocenters. The molecule has 1 N–H and O–H groups in total. The normalized spacial score (nSPS) is 15.4. The van der Waals surface area contributed by atoms with E-state index in [1.807, 2.05) is 42.5 Å². The Hall–Kier alpha value is -2.36. The molecule has 0 bridgehead atoms. The molecule has 1 fully saturated rings. The van der Waals surface area contributed by atoms with E-state index in [1.54, 1.807) is 11.0 Å². The molecule has 1 aromatic heterocycles. The van der Waals surface area contributed by atoms with Crippen LogP contribution >= 0.6 is 35.3 Å². The van der Waals surface area contributed by atoms with Crippen molar-refractivity contribution in [2.45, 2.75) is 39.0 Å². The van der Waals surface area contributed by atoms with Gasteiger partial charge in [0.25, 0.3) is 5.91 Å². The molecule has 0 saturated carbocycles. The van der Waals surface area contributed by atoms with Crippen LogP contribution in [0.5, 0.6) is 0 Å². The Kier molecular flexibility index (Phi) is 8.93. The molecular weight excluding hydrogens is 448 g/mol. The van der Waals surface area contributed by atoms with Crippen molar-refractivity contribution in [1.82, 2.24) is 15.1 Å². The number of benzene rings is 1. The van der Waals surface area contributed by atoms with Crippen LogP contribution in [0.15, 0.2) is 47.4 Å². The zero-order valence-electron chi connectivity index (χ0n) is 17.2. The van der Waals surface area contributed by atoms with Gasteiger partial charge in [0.15, 0.2) is 0 Å². The number of aromatic nitrogens is 2. The second-order valence-corrected chi connectivity index (χ2v) is 9.62. The molecule has 0 aliphatic carbocycles. The summed E-state index contributed by atoms with van der Waals surface area (Å²) in [5.41, 5.74) is 1.06. The first-order chi connectivity index (χ1) is 15.1. The molecule has 1 aliphatic rings. The lowest BCUT2D eigenvalue weighted by Crippen LogP contribution is -2.29. The molecule has 0 radical (unpaired) electrons. The zero-order chi connectivity index (χ0) is 22.1. The number of amides is 2. The number of nitrogens with zero attached hydrogens (tertiary/aromatic N) is 3. The van der Waals surface area contributed by atoms with Crippen molar-refractivity contribution < 1.29 is 9.59 Å². The van der Waals surface area contributed by atoms with E-state index in [9.17, 15) is 9.59 Å². The number of hydrogen-bond acceptors (Lipinski definition) is 7. The number of thiocarbonyl (C=S) groups is 1. The van der Waals surface area contributed by atoms with E-state index in [0.29, 0.717) is 27.3 Å². The van der Waals surface area contributed by atoms with E-state index >= 15 is 0 Å². The lowest BCUT2D eigenvalue weighted by atomic mass is 10.2. The highest BCUT2D eigenvalue weighted by Crippen LogP contribution is 2.31. The lowest BCUT2D eigenvalue weighted by Gasteiger charge is -2.13. The van der Waals surface area contributed by atoms with Gasteiger partial charge in [-0.25, -0.2) is 0 Å². The van der Waals surface area contributed by atoms with Crippen LogP contribution in [-0.4, -0.2) is 37.8 Å². The minimum Gasteiger partial charge on any atom is -0.301 e. The first kappa shape index (κ1) is 23.3. The summed E-state index contributed by atoms with van der Waals surface area (Å²) in [4.78, 5) is 26.9. The van der Waals surface area contributed by atoms with Gasteiger partial charge in [0.1, 0.15) is 9.33 Å². The Labute approximate surface area is 195 Å². The van der Waals surface area contributed by atoms with Gasteiger partial charge in [0.2, 0.25) is 11.0 Å². The first-order valence-electron chi connectivity index (χ1n) is 10.2. The van der Waals surface area contributed by atoms with Crippen LogP contribution in [0.4, 0.5) is 5.13 Å². The molecule has 31 heavy (non-hydrogen) atoms. The summed E-state index contributed by atoms with van der Waals surface area (Å²) in [5.74, 6) is -0.247. The van der Waals surface area contributed by atoms with E-state index < -0.39 is 0 Å². The summed E-state index contributed by atoms with van der Waals surface area (Å²) in [6, 6.07) is 9.88. The molecular formula is C22H24N4O2S3. The number of carbonyl (C=O) groups excluding carboxylic acids is 2. The van der Waals surface area contributed by atoms with Gasteiger partial charge < -0.3 is 5.32 Å². The van der Waals surface area contributed by atoms with Gasteiger partial charge in [-0.2, -0.15) is 0 Å². The fraction of sp³-hybridized carbons (Fsp3) is 0.318. The number of carbonyl (C=O) groups is 2. The van der Waals surface area contributed by atoms with Crippen molar-refractivity contribution in [3.05, 3.63) is 58.0 Å². The molecule has 9 heteroatoms. The zero-order valence-corrected chi connectivity index (χ0v) is 19.7. The maximum absolute atomic E-state index is 12.6. The first-order valence-corrected chi connectivity index (χ1v) is 12.2. The smallest absolute Gasteiger partial charge is 0.266 e. The summed E-state index contributed by atoms with van der Waals surface area (Å²) < 4.78 is 0.523. The van der Waals surface area contributed by atoms with Crippen molar-refractivity contribution in [3.8, 4) is 0 Å². The second-order valence-electron chi connectivity index (χ2n) is 6.88. The number of anilines is 1. The predicted molar refractivity (Wildman–Crippen MR) is 132 cm³/mol. The molecule has 0 spiro atoms. The number of thioether (sulfide) groups is 1. The van der Waals surface area contributed by atoms with Gasteiger partial charge in [-0.1, -0.05) is 91.1 Å². The van der Waals surface area contributed by atoms with Gasteiger partial charge in [0, 0.05) is 19.4 Å². The van der Waals surface area contributed by atoms with Crippen LogP contribution < -0.4 is 5.32 Å². The Balaban J connectivity index is 1.44. The summed E-state index contributed by atoms with van der Waals surface area (Å²) in [7, 11) is 0. The Bertz CT molecular complexity index is 986. The van der Waals surface area contributed by atoms with E-state index in [4.69, 9.17) is 12.2 Å². The van der Waals surface area contributed by atoms with E-state index in [1.165, 1.54) is 23.1 Å². The number of allylic oxidation sites excluding steroid dienone is 2. The lowest BCUT2D eigenvalue weighted by molar-refractivity contribution is -0.122. The SMILES string of the molecule is CCCCc1nnc(NC(=O)CCCN2C(=O)C(=CC=Cc3ccccc3)SC2=S)s1. The van der Waals surface area contributed by atoms with E-state index in [-0.39, 0.29) is 18.2 Å². The van der Waals surface area contributed by atoms with Crippen molar-refractivity contribution in [2.75, 3.05) is 11.9 Å². The molecule has 1 saturated heterocycles. The second kappa shape index (κ2) is 11.9. The maximum atomic E-state index is 12.6. The number of aryl methyl sites for hydroxylation is 1. The molecule has 2 amide bonds. The molecule has 0 atom stereocenters. The molecule has 2 aromatic rings. The minimum atomic E-state index is -0.134. The van der Waals surface area contributed by atoms with E-state index in [0.717, 1.165) is 29.8 Å². The quantitative estimate of drug-likeness (QED) is 0.385. The summed E-state index contributed by atoms with van der Waals surface area (Å²) in [6.45, 7) is 2.54.